The van der Waals surface area contributed by atoms with Crippen LogP contribution in [0.4, 0.5) is 21.1 Å². The van der Waals surface area contributed by atoms with Crippen LogP contribution in [0.25, 0.3) is 10.9 Å². The number of anilines is 2. The van der Waals surface area contributed by atoms with Gasteiger partial charge in [0.1, 0.15) is 5.60 Å². The number of ether oxygens (including phenoxy) is 1. The summed E-state index contributed by atoms with van der Waals surface area (Å²) in [5, 5.41) is 13.5. The number of amides is 1. The highest BCUT2D eigenvalue weighted by atomic mass is 35.5. The topological polar surface area (TPSA) is 110 Å². The summed E-state index contributed by atoms with van der Waals surface area (Å²) in [6.45, 7) is 7.00. The summed E-state index contributed by atoms with van der Waals surface area (Å²) in [5.41, 5.74) is 0.678. The van der Waals surface area contributed by atoms with Crippen molar-refractivity contribution in [2.75, 3.05) is 4.90 Å². The highest BCUT2D eigenvalue weighted by Crippen LogP contribution is 2.31. The Morgan fingerprint density at radius 3 is 2.61 bits per heavy atom. The third-order valence-electron chi connectivity index (χ3n) is 3.69. The summed E-state index contributed by atoms with van der Waals surface area (Å²) in [5.74, 6) is 0.263. The molecule has 0 aliphatic carbocycles. The van der Waals surface area contributed by atoms with Gasteiger partial charge in [-0.2, -0.15) is 14.8 Å². The molecular formula is C18H18ClN5O4. The largest absolute Gasteiger partial charge is 0.463 e. The Morgan fingerprint density at radius 1 is 1.25 bits per heavy atom. The maximum atomic E-state index is 13.0. The van der Waals surface area contributed by atoms with Crippen LogP contribution in [0, 0.1) is 6.92 Å². The fraction of sp³-hybridized carbons (Fsp3) is 0.278. The van der Waals surface area contributed by atoms with Gasteiger partial charge in [-0.3, -0.25) is 0 Å². The van der Waals surface area contributed by atoms with Crippen molar-refractivity contribution in [3.8, 4) is 0 Å². The molecule has 28 heavy (non-hydrogen) atoms. The van der Waals surface area contributed by atoms with Crippen molar-refractivity contribution in [3.05, 3.63) is 41.4 Å². The van der Waals surface area contributed by atoms with Gasteiger partial charge in [0.25, 0.3) is 0 Å². The maximum absolute atomic E-state index is 13.0. The first-order valence-corrected chi connectivity index (χ1v) is 8.68. The zero-order valence-electron chi connectivity index (χ0n) is 15.7. The molecule has 1 N–H and O–H groups in total. The number of carbonyl (C=O) groups excluding carboxylic acids is 1. The minimum absolute atomic E-state index is 0.0195. The zero-order valence-corrected chi connectivity index (χ0v) is 16.4. The van der Waals surface area contributed by atoms with E-state index in [0.717, 1.165) is 4.68 Å². The van der Waals surface area contributed by atoms with Crippen LogP contribution in [0.2, 0.25) is 5.28 Å². The lowest BCUT2D eigenvalue weighted by Gasteiger charge is -2.27. The van der Waals surface area contributed by atoms with Crippen LogP contribution in [0.15, 0.2) is 30.6 Å². The van der Waals surface area contributed by atoms with Crippen molar-refractivity contribution in [1.29, 1.82) is 0 Å². The molecule has 0 radical (unpaired) electrons. The predicted octanol–water partition coefficient (Wildman–Crippen LogP) is 4.39. The number of rotatable bonds is 2. The Kier molecular flexibility index (Phi) is 4.95. The summed E-state index contributed by atoms with van der Waals surface area (Å²) >= 11 is 5.94. The molecular weight excluding hydrogens is 386 g/mol. The number of hydrogen-bond donors (Lipinski definition) is 1. The molecule has 1 aromatic carbocycles. The first-order valence-electron chi connectivity index (χ1n) is 8.30. The second-order valence-electron chi connectivity index (χ2n) is 7.04. The molecule has 0 unspecified atom stereocenters. The molecule has 0 spiro atoms. The Hall–Kier alpha value is -3.20. The van der Waals surface area contributed by atoms with Crippen molar-refractivity contribution >= 4 is 46.2 Å². The van der Waals surface area contributed by atoms with Crippen molar-refractivity contribution in [2.45, 2.75) is 33.3 Å². The summed E-state index contributed by atoms with van der Waals surface area (Å²) in [4.78, 5) is 33.6. The minimum atomic E-state index is -1.20. The van der Waals surface area contributed by atoms with Gasteiger partial charge >= 0.3 is 12.2 Å². The lowest BCUT2D eigenvalue weighted by atomic mass is 10.2. The van der Waals surface area contributed by atoms with Crippen LogP contribution < -0.4 is 4.90 Å². The Labute approximate surface area is 165 Å². The van der Waals surface area contributed by atoms with E-state index in [1.807, 2.05) is 0 Å². The fourth-order valence-electron chi connectivity index (χ4n) is 2.57. The molecule has 0 bridgehead atoms. The number of nitrogens with zero attached hydrogens (tertiary/aromatic N) is 5. The molecule has 0 fully saturated rings. The van der Waals surface area contributed by atoms with E-state index in [9.17, 15) is 14.7 Å². The highest BCUT2D eigenvalue weighted by Gasteiger charge is 2.28. The standard InChI is InChI=1S/C18H18ClN5O4/c1-10-8-20-15(19)22-14(10)23(17(27)28-18(2,3)4)12-5-6-13-11(7-12)9-21-24(13)16(25)26/h5-9H,1-4H3,(H,25,26). The normalized spacial score (nSPS) is 11.5. The van der Waals surface area contributed by atoms with E-state index in [4.69, 9.17) is 16.3 Å². The number of benzene rings is 1. The molecule has 0 atom stereocenters. The molecule has 0 saturated heterocycles. The zero-order chi connectivity index (χ0) is 20.6. The quantitative estimate of drug-likeness (QED) is 0.631. The summed E-state index contributed by atoms with van der Waals surface area (Å²) in [6, 6.07) is 4.77. The van der Waals surface area contributed by atoms with Gasteiger partial charge in [-0.1, -0.05) is 0 Å². The van der Waals surface area contributed by atoms with E-state index in [1.165, 1.54) is 17.3 Å². The number of aryl methyl sites for hydroxylation is 1. The van der Waals surface area contributed by atoms with Crippen molar-refractivity contribution < 1.29 is 19.4 Å². The van der Waals surface area contributed by atoms with Gasteiger partial charge in [-0.15, -0.1) is 0 Å². The van der Waals surface area contributed by atoms with Gasteiger partial charge in [0.2, 0.25) is 5.28 Å². The van der Waals surface area contributed by atoms with Crippen LogP contribution in [0.1, 0.15) is 26.3 Å². The third kappa shape index (κ3) is 3.89. The van der Waals surface area contributed by atoms with Gasteiger partial charge < -0.3 is 9.84 Å². The smallest absolute Gasteiger partial charge is 0.432 e. The SMILES string of the molecule is Cc1cnc(Cl)nc1N(C(=O)OC(C)(C)C)c1ccc2c(cnn2C(=O)O)c1. The van der Waals surface area contributed by atoms with E-state index < -0.39 is 17.8 Å². The Bertz CT molecular complexity index is 1070. The van der Waals surface area contributed by atoms with E-state index in [1.54, 1.807) is 45.9 Å². The average Bonchev–Trinajstić information content (AvgIpc) is 3.00. The summed E-state index contributed by atoms with van der Waals surface area (Å²) in [6.07, 6.45) is 1.05. The number of aromatic nitrogens is 4. The first-order chi connectivity index (χ1) is 13.1. The molecule has 0 aliphatic rings. The van der Waals surface area contributed by atoms with Gasteiger partial charge in [0.15, 0.2) is 5.82 Å². The van der Waals surface area contributed by atoms with E-state index in [2.05, 4.69) is 15.1 Å². The summed E-state index contributed by atoms with van der Waals surface area (Å²) in [7, 11) is 0. The van der Waals surface area contributed by atoms with Crippen molar-refractivity contribution in [2.24, 2.45) is 0 Å². The fourth-order valence-corrected chi connectivity index (χ4v) is 2.70. The van der Waals surface area contributed by atoms with Crippen LogP contribution in [0.5, 0.6) is 0 Å². The maximum Gasteiger partial charge on any atom is 0.432 e. The highest BCUT2D eigenvalue weighted by molar-refractivity contribution is 6.28. The second-order valence-corrected chi connectivity index (χ2v) is 7.38. The first kappa shape index (κ1) is 19.6. The van der Waals surface area contributed by atoms with Gasteiger partial charge in [0, 0.05) is 17.1 Å². The molecule has 2 aromatic heterocycles. The Balaban J connectivity index is 2.16. The molecule has 3 rings (SSSR count). The van der Waals surface area contributed by atoms with Gasteiger partial charge in [-0.05, 0) is 57.5 Å². The average molecular weight is 404 g/mol. The molecule has 0 aliphatic heterocycles. The molecule has 3 aromatic rings. The molecule has 146 valence electrons. The number of hydrogen-bond acceptors (Lipinski definition) is 6. The molecule has 0 saturated carbocycles. The van der Waals surface area contributed by atoms with Gasteiger partial charge in [-0.25, -0.2) is 19.5 Å². The second kappa shape index (κ2) is 7.08. The van der Waals surface area contributed by atoms with Crippen LogP contribution in [-0.4, -0.2) is 42.6 Å². The lowest BCUT2D eigenvalue weighted by Crippen LogP contribution is -2.34. The molecule has 1 amide bonds. The van der Waals surface area contributed by atoms with Crippen molar-refractivity contribution in [3.63, 3.8) is 0 Å². The number of carbonyl (C=O) groups is 2. The lowest BCUT2D eigenvalue weighted by molar-refractivity contribution is 0.0598. The third-order valence-corrected chi connectivity index (χ3v) is 3.88. The van der Waals surface area contributed by atoms with Crippen molar-refractivity contribution in [1.82, 2.24) is 19.7 Å². The predicted molar refractivity (Wildman–Crippen MR) is 103 cm³/mol. The molecule has 9 nitrogen and oxygen atoms in total. The molecule has 2 heterocycles. The van der Waals surface area contributed by atoms with Crippen LogP contribution in [0.3, 0.4) is 0 Å². The monoisotopic (exact) mass is 403 g/mol. The van der Waals surface area contributed by atoms with E-state index in [-0.39, 0.29) is 11.1 Å². The molecule has 10 heteroatoms. The van der Waals surface area contributed by atoms with E-state index in [0.29, 0.717) is 22.2 Å². The van der Waals surface area contributed by atoms with Crippen LogP contribution >= 0.6 is 11.6 Å². The summed E-state index contributed by atoms with van der Waals surface area (Å²) < 4.78 is 6.38. The Morgan fingerprint density at radius 2 is 1.96 bits per heavy atom. The van der Waals surface area contributed by atoms with Crippen LogP contribution in [-0.2, 0) is 4.74 Å². The number of fused-ring (bicyclic) bond motifs is 1. The van der Waals surface area contributed by atoms with Gasteiger partial charge in [0.05, 0.1) is 17.4 Å². The number of carboxylic acid groups (broad SMARTS) is 1. The number of halogens is 1. The minimum Gasteiger partial charge on any atom is -0.463 e. The van der Waals surface area contributed by atoms with E-state index >= 15 is 0 Å².